The van der Waals surface area contributed by atoms with Gasteiger partial charge in [-0.1, -0.05) is 36.4 Å². The maximum absolute atomic E-state index is 13.5. The maximum Gasteiger partial charge on any atom is 0.433 e. The Bertz CT molecular complexity index is 1110. The first kappa shape index (κ1) is 22.9. The molecule has 0 bridgehead atoms. The Morgan fingerprint density at radius 3 is 2.30 bits per heavy atom. The number of fused-ring (bicyclic) bond motifs is 1. The molecule has 172 valence electrons. The van der Waals surface area contributed by atoms with Crippen LogP contribution in [0.25, 0.3) is 0 Å². The van der Waals surface area contributed by atoms with Gasteiger partial charge in [-0.2, -0.15) is 18.2 Å². The number of halogens is 4. The molecule has 3 aromatic rings. The summed E-state index contributed by atoms with van der Waals surface area (Å²) in [6.45, 7) is 1.42. The van der Waals surface area contributed by atoms with Gasteiger partial charge >= 0.3 is 6.18 Å². The zero-order chi connectivity index (χ0) is 23.4. The zero-order valence-electron chi connectivity index (χ0n) is 17.5. The Balaban J connectivity index is 1.39. The van der Waals surface area contributed by atoms with Gasteiger partial charge in [0.2, 0.25) is 5.95 Å². The second-order valence-electron chi connectivity index (χ2n) is 7.67. The molecule has 0 fully saturated rings. The van der Waals surface area contributed by atoms with Crippen LogP contribution in [-0.2, 0) is 25.7 Å². The van der Waals surface area contributed by atoms with E-state index in [1.165, 1.54) is 12.1 Å². The topological polar surface area (TPSA) is 53.1 Å². The van der Waals surface area contributed by atoms with Crippen molar-refractivity contribution in [3.05, 3.63) is 82.8 Å². The Morgan fingerprint density at radius 2 is 1.67 bits per heavy atom. The summed E-state index contributed by atoms with van der Waals surface area (Å²) < 4.78 is 53.3. The van der Waals surface area contributed by atoms with E-state index in [1.807, 2.05) is 24.3 Å². The van der Waals surface area contributed by atoms with Crippen molar-refractivity contribution in [2.75, 3.05) is 16.8 Å². The van der Waals surface area contributed by atoms with Crippen LogP contribution < -0.4 is 15.5 Å². The molecular formula is C23H21F4N5S. The van der Waals surface area contributed by atoms with Crippen LogP contribution in [0.3, 0.4) is 0 Å². The second kappa shape index (κ2) is 9.70. The van der Waals surface area contributed by atoms with E-state index in [4.69, 9.17) is 12.2 Å². The first-order valence-corrected chi connectivity index (χ1v) is 10.8. The minimum atomic E-state index is -4.62. The molecule has 5 nitrogen and oxygen atoms in total. The smallest absolute Gasteiger partial charge is 0.362 e. The first-order valence-electron chi connectivity index (χ1n) is 10.4. The molecule has 1 aliphatic heterocycles. The van der Waals surface area contributed by atoms with E-state index in [0.29, 0.717) is 32.5 Å². The van der Waals surface area contributed by atoms with E-state index in [2.05, 4.69) is 20.6 Å². The lowest BCUT2D eigenvalue weighted by atomic mass is 10.1. The molecule has 0 unspecified atom stereocenters. The van der Waals surface area contributed by atoms with Gasteiger partial charge in [0, 0.05) is 25.7 Å². The molecule has 2 heterocycles. The van der Waals surface area contributed by atoms with Gasteiger partial charge in [-0.3, -0.25) is 0 Å². The predicted octanol–water partition coefficient (Wildman–Crippen LogP) is 5.07. The molecule has 33 heavy (non-hydrogen) atoms. The number of thiocarbonyl (C=S) groups is 1. The predicted molar refractivity (Wildman–Crippen MR) is 122 cm³/mol. The summed E-state index contributed by atoms with van der Waals surface area (Å²) in [5.41, 5.74) is 2.05. The van der Waals surface area contributed by atoms with Gasteiger partial charge in [0.15, 0.2) is 10.8 Å². The largest absolute Gasteiger partial charge is 0.433 e. The number of alkyl halides is 3. The molecule has 10 heteroatoms. The molecule has 0 atom stereocenters. The highest BCUT2D eigenvalue weighted by Gasteiger charge is 2.35. The van der Waals surface area contributed by atoms with Crippen molar-refractivity contribution in [1.29, 1.82) is 0 Å². The minimum absolute atomic E-state index is 0.129. The van der Waals surface area contributed by atoms with Crippen LogP contribution in [0, 0.1) is 5.82 Å². The Kier molecular flexibility index (Phi) is 6.73. The highest BCUT2D eigenvalue weighted by Crippen LogP contribution is 2.33. The van der Waals surface area contributed by atoms with Crippen molar-refractivity contribution in [1.82, 2.24) is 15.3 Å². The third-order valence-electron chi connectivity index (χ3n) is 5.23. The van der Waals surface area contributed by atoms with E-state index in [-0.39, 0.29) is 22.7 Å². The van der Waals surface area contributed by atoms with Crippen LogP contribution in [0.4, 0.5) is 29.3 Å². The van der Waals surface area contributed by atoms with Gasteiger partial charge < -0.3 is 15.5 Å². The highest BCUT2D eigenvalue weighted by atomic mass is 32.1. The lowest BCUT2D eigenvalue weighted by Gasteiger charge is -2.19. The summed E-state index contributed by atoms with van der Waals surface area (Å²) in [5, 5.41) is 5.74. The van der Waals surface area contributed by atoms with Crippen LogP contribution in [0.5, 0.6) is 0 Å². The number of benzene rings is 2. The number of aryl methyl sites for hydroxylation is 1. The minimum Gasteiger partial charge on any atom is -0.362 e. The molecule has 0 radical (unpaired) electrons. The summed E-state index contributed by atoms with van der Waals surface area (Å²) in [7, 11) is 0. The van der Waals surface area contributed by atoms with Gasteiger partial charge in [-0.25, -0.2) is 9.37 Å². The standard InChI is InChI=1S/C23H21F4N5S/c24-18-9-7-15(8-10-18)4-3-11-28-22(33)31-21-29-19(23(25,26)27)12-20(30-21)32-13-16-5-1-2-6-17(16)14-32/h1-2,5-10,12H,3-4,11,13-14H2,(H2,28,29,30,31,33). The molecule has 0 saturated carbocycles. The fraction of sp³-hybridized carbons (Fsp3) is 0.261. The quantitative estimate of drug-likeness (QED) is 0.295. The number of aromatic nitrogens is 2. The third-order valence-corrected chi connectivity index (χ3v) is 5.48. The average Bonchev–Trinajstić information content (AvgIpc) is 3.22. The molecule has 2 aromatic carbocycles. The number of hydrogen-bond acceptors (Lipinski definition) is 4. The fourth-order valence-corrected chi connectivity index (χ4v) is 3.78. The van der Waals surface area contributed by atoms with Crippen LogP contribution >= 0.6 is 12.2 Å². The van der Waals surface area contributed by atoms with Gasteiger partial charge in [0.25, 0.3) is 0 Å². The number of anilines is 2. The number of nitrogens with one attached hydrogen (secondary N) is 2. The molecular weight excluding hydrogens is 454 g/mol. The van der Waals surface area contributed by atoms with Gasteiger partial charge in [-0.15, -0.1) is 0 Å². The Morgan fingerprint density at radius 1 is 1.00 bits per heavy atom. The highest BCUT2D eigenvalue weighted by molar-refractivity contribution is 7.80. The van der Waals surface area contributed by atoms with Crippen molar-refractivity contribution < 1.29 is 17.6 Å². The van der Waals surface area contributed by atoms with Crippen molar-refractivity contribution >= 4 is 29.1 Å². The zero-order valence-corrected chi connectivity index (χ0v) is 18.3. The van der Waals surface area contributed by atoms with Gasteiger partial charge in [0.1, 0.15) is 11.6 Å². The summed E-state index contributed by atoms with van der Waals surface area (Å²) in [5.74, 6) is -0.331. The summed E-state index contributed by atoms with van der Waals surface area (Å²) in [6, 6.07) is 14.9. The number of rotatable bonds is 6. The van der Waals surface area contributed by atoms with E-state index in [9.17, 15) is 17.6 Å². The molecule has 1 aliphatic rings. The maximum atomic E-state index is 13.5. The molecule has 0 saturated heterocycles. The average molecular weight is 476 g/mol. The van der Waals surface area contributed by atoms with E-state index < -0.39 is 11.9 Å². The number of nitrogens with zero attached hydrogens (tertiary/aromatic N) is 3. The molecule has 0 aliphatic carbocycles. The fourth-order valence-electron chi connectivity index (χ4n) is 3.58. The monoisotopic (exact) mass is 475 g/mol. The molecule has 2 N–H and O–H groups in total. The number of hydrogen-bond donors (Lipinski definition) is 2. The second-order valence-corrected chi connectivity index (χ2v) is 8.08. The summed E-state index contributed by atoms with van der Waals surface area (Å²) in [6.07, 6.45) is -3.21. The van der Waals surface area contributed by atoms with E-state index in [0.717, 1.165) is 22.8 Å². The Hall–Kier alpha value is -3.27. The van der Waals surface area contributed by atoms with Crippen molar-refractivity contribution in [2.24, 2.45) is 0 Å². The lowest BCUT2D eigenvalue weighted by molar-refractivity contribution is -0.141. The first-order chi connectivity index (χ1) is 15.8. The van der Waals surface area contributed by atoms with Crippen LogP contribution in [0.1, 0.15) is 28.8 Å². The van der Waals surface area contributed by atoms with Crippen LogP contribution in [0.15, 0.2) is 54.6 Å². The SMILES string of the molecule is Fc1ccc(CCCNC(=S)Nc2nc(N3Cc4ccccc4C3)cc(C(F)(F)F)n2)cc1. The molecule has 0 amide bonds. The van der Waals surface area contributed by atoms with Crippen molar-refractivity contribution in [3.8, 4) is 0 Å². The van der Waals surface area contributed by atoms with Crippen LogP contribution in [-0.4, -0.2) is 21.6 Å². The molecule has 1 aromatic heterocycles. The molecule has 0 spiro atoms. The summed E-state index contributed by atoms with van der Waals surface area (Å²) in [4.78, 5) is 9.66. The van der Waals surface area contributed by atoms with Crippen molar-refractivity contribution in [2.45, 2.75) is 32.1 Å². The Labute approximate surface area is 193 Å². The van der Waals surface area contributed by atoms with Crippen molar-refractivity contribution in [3.63, 3.8) is 0 Å². The van der Waals surface area contributed by atoms with E-state index >= 15 is 0 Å². The van der Waals surface area contributed by atoms with Crippen LogP contribution in [0.2, 0.25) is 0 Å². The van der Waals surface area contributed by atoms with Gasteiger partial charge in [0.05, 0.1) is 0 Å². The summed E-state index contributed by atoms with van der Waals surface area (Å²) >= 11 is 5.21. The lowest BCUT2D eigenvalue weighted by Crippen LogP contribution is -2.31. The normalized spacial score (nSPS) is 13.0. The third kappa shape index (κ3) is 5.95. The van der Waals surface area contributed by atoms with E-state index in [1.54, 1.807) is 17.0 Å². The molecule has 4 rings (SSSR count). The van der Waals surface area contributed by atoms with Gasteiger partial charge in [-0.05, 0) is 53.9 Å².